The van der Waals surface area contributed by atoms with E-state index in [1.807, 2.05) is 0 Å². The molecular formula is C11H16N8O7S. The van der Waals surface area contributed by atoms with Gasteiger partial charge in [0, 0.05) is 6.54 Å². The second-order valence-electron chi connectivity index (χ2n) is 5.85. The lowest BCUT2D eigenvalue weighted by molar-refractivity contribution is -0.132. The third kappa shape index (κ3) is 4.23. The predicted octanol–water partition coefficient (Wildman–Crippen LogP) is -2.99. The summed E-state index contributed by atoms with van der Waals surface area (Å²) in [5.41, 5.74) is 9.69. The third-order valence-corrected chi connectivity index (χ3v) is 4.33. The molecule has 2 aliphatic heterocycles. The lowest BCUT2D eigenvalue weighted by atomic mass is 10.0. The molecule has 0 radical (unpaired) electrons. The highest BCUT2D eigenvalue weighted by Crippen LogP contribution is 2.30. The summed E-state index contributed by atoms with van der Waals surface area (Å²) >= 11 is 0. The SMILES string of the molecule is Nc1ncn(CC(=O)NNC(=O)[C@@H]2CC[C@@H]3CN2C(=O)N3OS(=O)(=O)O)n1. The van der Waals surface area contributed by atoms with Gasteiger partial charge in [0.05, 0.1) is 6.04 Å². The Kier molecular flexibility index (Phi) is 4.85. The van der Waals surface area contributed by atoms with E-state index in [9.17, 15) is 22.8 Å². The molecule has 1 aromatic rings. The number of hydrazine groups is 1. The summed E-state index contributed by atoms with van der Waals surface area (Å²) in [6.45, 7) is -0.200. The van der Waals surface area contributed by atoms with Gasteiger partial charge in [0.25, 0.3) is 11.8 Å². The molecule has 16 heteroatoms. The van der Waals surface area contributed by atoms with Gasteiger partial charge in [0.2, 0.25) is 5.95 Å². The number of nitrogen functional groups attached to an aromatic ring is 1. The molecule has 0 saturated carbocycles. The molecule has 2 bridgehead atoms. The minimum Gasteiger partial charge on any atom is -0.367 e. The van der Waals surface area contributed by atoms with E-state index in [0.29, 0.717) is 5.06 Å². The minimum atomic E-state index is -4.87. The number of aromatic nitrogens is 3. The maximum atomic E-state index is 12.3. The van der Waals surface area contributed by atoms with Crippen LogP contribution in [-0.2, 0) is 30.8 Å². The number of hydrogen-bond donors (Lipinski definition) is 4. The first-order valence-electron chi connectivity index (χ1n) is 7.64. The van der Waals surface area contributed by atoms with Crippen molar-refractivity contribution in [2.75, 3.05) is 12.3 Å². The van der Waals surface area contributed by atoms with E-state index in [1.54, 1.807) is 0 Å². The number of nitrogens with two attached hydrogens (primary N) is 1. The van der Waals surface area contributed by atoms with E-state index in [2.05, 4.69) is 25.2 Å². The summed E-state index contributed by atoms with van der Waals surface area (Å²) in [7, 11) is -4.87. The van der Waals surface area contributed by atoms with Crippen LogP contribution in [0.5, 0.6) is 0 Å². The van der Waals surface area contributed by atoms with Crippen molar-refractivity contribution >= 4 is 34.2 Å². The average molecular weight is 404 g/mol. The Balaban J connectivity index is 1.55. The first-order chi connectivity index (χ1) is 12.6. The van der Waals surface area contributed by atoms with Crippen molar-refractivity contribution in [1.82, 2.24) is 35.6 Å². The highest BCUT2D eigenvalue weighted by molar-refractivity contribution is 7.80. The van der Waals surface area contributed by atoms with Gasteiger partial charge in [-0.3, -0.25) is 25.0 Å². The van der Waals surface area contributed by atoms with Gasteiger partial charge in [0.1, 0.15) is 18.9 Å². The van der Waals surface area contributed by atoms with Crippen LogP contribution in [0.1, 0.15) is 12.8 Å². The van der Waals surface area contributed by atoms with Crippen LogP contribution in [0.25, 0.3) is 0 Å². The Morgan fingerprint density at radius 1 is 1.37 bits per heavy atom. The van der Waals surface area contributed by atoms with Crippen molar-refractivity contribution in [2.45, 2.75) is 31.5 Å². The molecule has 0 unspecified atom stereocenters. The average Bonchev–Trinajstić information content (AvgIpc) is 3.09. The van der Waals surface area contributed by atoms with Crippen LogP contribution in [-0.4, -0.2) is 74.2 Å². The second-order valence-corrected chi connectivity index (χ2v) is 6.85. The normalized spacial score (nSPS) is 22.0. The molecule has 2 saturated heterocycles. The summed E-state index contributed by atoms with van der Waals surface area (Å²) in [5, 5.41) is 4.24. The van der Waals surface area contributed by atoms with Crippen molar-refractivity contribution < 1.29 is 31.6 Å². The molecule has 2 fully saturated rings. The molecule has 0 aliphatic carbocycles. The molecule has 5 N–H and O–H groups in total. The molecule has 4 amide bonds. The maximum absolute atomic E-state index is 12.3. The zero-order valence-electron chi connectivity index (χ0n) is 13.7. The van der Waals surface area contributed by atoms with Crippen molar-refractivity contribution in [2.24, 2.45) is 0 Å². The molecule has 27 heavy (non-hydrogen) atoms. The fourth-order valence-corrected chi connectivity index (χ4v) is 3.28. The number of nitrogens with zero attached hydrogens (tertiary/aromatic N) is 5. The first-order valence-corrected chi connectivity index (χ1v) is 9.01. The van der Waals surface area contributed by atoms with E-state index in [0.717, 1.165) is 9.58 Å². The van der Waals surface area contributed by atoms with Crippen LogP contribution in [0.2, 0.25) is 0 Å². The van der Waals surface area contributed by atoms with Crippen molar-refractivity contribution in [3.63, 3.8) is 0 Å². The van der Waals surface area contributed by atoms with Gasteiger partial charge in [0.15, 0.2) is 0 Å². The summed E-state index contributed by atoms with van der Waals surface area (Å²) in [6, 6.07) is -2.43. The van der Waals surface area contributed by atoms with Gasteiger partial charge in [-0.25, -0.2) is 14.5 Å². The lowest BCUT2D eigenvalue weighted by Gasteiger charge is -2.29. The largest absolute Gasteiger partial charge is 0.418 e. The molecule has 1 aromatic heterocycles. The summed E-state index contributed by atoms with van der Waals surface area (Å²) in [5.74, 6) is -1.28. The highest BCUT2D eigenvalue weighted by atomic mass is 32.3. The summed E-state index contributed by atoms with van der Waals surface area (Å²) in [4.78, 5) is 41.0. The maximum Gasteiger partial charge on any atom is 0.418 e. The number of anilines is 1. The highest BCUT2D eigenvalue weighted by Gasteiger charge is 2.49. The van der Waals surface area contributed by atoms with Crippen LogP contribution in [0.4, 0.5) is 10.7 Å². The van der Waals surface area contributed by atoms with E-state index < -0.39 is 40.3 Å². The monoisotopic (exact) mass is 404 g/mol. The zero-order valence-corrected chi connectivity index (χ0v) is 14.5. The van der Waals surface area contributed by atoms with Gasteiger partial charge < -0.3 is 10.6 Å². The minimum absolute atomic E-state index is 0.00666. The fourth-order valence-electron chi connectivity index (χ4n) is 2.89. The number of hydroxylamine groups is 2. The Morgan fingerprint density at radius 2 is 2.11 bits per heavy atom. The fraction of sp³-hybridized carbons (Fsp3) is 0.545. The number of hydrogen-bond acceptors (Lipinski definition) is 9. The number of urea groups is 1. The van der Waals surface area contributed by atoms with Gasteiger partial charge >= 0.3 is 16.4 Å². The standard InChI is InChI=1S/C11H16N8O7S/c12-10-13-5-17(16-10)4-8(20)14-15-9(21)7-2-1-6-3-18(7)11(22)19(6)26-27(23,24)25/h5-7H,1-4H2,(H2,12,16)(H,14,20)(H,15,21)(H,23,24,25)/t6-,7+/m1/s1. The smallest absolute Gasteiger partial charge is 0.367 e. The van der Waals surface area contributed by atoms with Crippen LogP contribution < -0.4 is 16.6 Å². The topological polar surface area (TPSA) is 202 Å². The number of rotatable bonds is 5. The third-order valence-electron chi connectivity index (χ3n) is 3.98. The zero-order chi connectivity index (χ0) is 19.8. The quantitative estimate of drug-likeness (QED) is 0.289. The van der Waals surface area contributed by atoms with Gasteiger partial charge in [-0.05, 0) is 12.8 Å². The number of piperidine rings is 1. The van der Waals surface area contributed by atoms with Gasteiger partial charge in [-0.1, -0.05) is 0 Å². The number of carbonyl (C=O) groups excluding carboxylic acids is 3. The van der Waals surface area contributed by atoms with E-state index in [4.69, 9.17) is 10.3 Å². The first kappa shape index (κ1) is 18.8. The van der Waals surface area contributed by atoms with Gasteiger partial charge in [-0.15, -0.1) is 9.38 Å². The number of fused-ring (bicyclic) bond motifs is 2. The van der Waals surface area contributed by atoms with Crippen LogP contribution in [0, 0.1) is 0 Å². The van der Waals surface area contributed by atoms with E-state index in [1.165, 1.54) is 6.33 Å². The van der Waals surface area contributed by atoms with E-state index >= 15 is 0 Å². The lowest BCUT2D eigenvalue weighted by Crippen LogP contribution is -2.54. The summed E-state index contributed by atoms with van der Waals surface area (Å²) < 4.78 is 35.9. The molecule has 2 aliphatic rings. The molecule has 15 nitrogen and oxygen atoms in total. The molecule has 0 aromatic carbocycles. The number of nitrogens with one attached hydrogen (secondary N) is 2. The van der Waals surface area contributed by atoms with Crippen LogP contribution in [0.3, 0.4) is 0 Å². The van der Waals surface area contributed by atoms with E-state index in [-0.39, 0.29) is 31.9 Å². The summed E-state index contributed by atoms with van der Waals surface area (Å²) in [6.07, 6.45) is 1.72. The Hall–Kier alpha value is -2.98. The Bertz CT molecular complexity index is 870. The molecule has 148 valence electrons. The molecule has 3 rings (SSSR count). The second kappa shape index (κ2) is 6.97. The van der Waals surface area contributed by atoms with Crippen molar-refractivity contribution in [3.05, 3.63) is 6.33 Å². The Morgan fingerprint density at radius 3 is 2.74 bits per heavy atom. The van der Waals surface area contributed by atoms with Crippen LogP contribution in [0.15, 0.2) is 6.33 Å². The Labute approximate surface area is 152 Å². The number of amides is 4. The molecular weight excluding hydrogens is 388 g/mol. The van der Waals surface area contributed by atoms with Gasteiger partial charge in [-0.2, -0.15) is 13.5 Å². The van der Waals surface area contributed by atoms with Crippen molar-refractivity contribution in [1.29, 1.82) is 0 Å². The molecule has 0 spiro atoms. The van der Waals surface area contributed by atoms with Crippen LogP contribution >= 0.6 is 0 Å². The molecule has 2 atom stereocenters. The van der Waals surface area contributed by atoms with Crippen molar-refractivity contribution in [3.8, 4) is 0 Å². The predicted molar refractivity (Wildman–Crippen MR) is 84.1 cm³/mol. The number of carbonyl (C=O) groups is 3. The molecule has 3 heterocycles.